The monoisotopic (exact) mass is 436 g/mol. The van der Waals surface area contributed by atoms with Crippen molar-refractivity contribution >= 4 is 17.6 Å². The van der Waals surface area contributed by atoms with Crippen molar-refractivity contribution in [3.8, 4) is 5.75 Å². The molecule has 0 aromatic heterocycles. The number of carbonyl (C=O) groups is 1. The van der Waals surface area contributed by atoms with Crippen LogP contribution < -0.4 is 4.74 Å². The van der Waals surface area contributed by atoms with E-state index in [1.54, 1.807) is 54.6 Å². The molecule has 1 saturated carbocycles. The van der Waals surface area contributed by atoms with Gasteiger partial charge in [0.25, 0.3) is 0 Å². The number of ether oxygens (including phenoxy) is 2. The first-order chi connectivity index (χ1) is 14.4. The van der Waals surface area contributed by atoms with E-state index in [4.69, 9.17) is 16.3 Å². The molecule has 0 unspecified atom stereocenters. The third-order valence-corrected chi connectivity index (χ3v) is 5.23. The largest absolute Gasteiger partial charge is 0.491 e. The maximum Gasteiger partial charge on any atom is 0.309 e. The van der Waals surface area contributed by atoms with Crippen LogP contribution in [0.25, 0.3) is 0 Å². The highest BCUT2D eigenvalue weighted by atomic mass is 35.5. The number of halogens is 1. The normalized spacial score (nSPS) is 25.4. The van der Waals surface area contributed by atoms with Crippen molar-refractivity contribution in [3.63, 3.8) is 0 Å². The predicted octanol–water partition coefficient (Wildman–Crippen LogP) is 3.06. The molecule has 2 rings (SSSR count). The van der Waals surface area contributed by atoms with Gasteiger partial charge in [-0.15, -0.1) is 0 Å². The van der Waals surface area contributed by atoms with Gasteiger partial charge in [-0.3, -0.25) is 4.79 Å². The molecule has 0 spiro atoms. The van der Waals surface area contributed by atoms with Crippen LogP contribution >= 0.6 is 11.6 Å². The summed E-state index contributed by atoms with van der Waals surface area (Å²) in [5.74, 6) is -0.182. The molecule has 0 amide bonds. The van der Waals surface area contributed by atoms with Crippen LogP contribution in [0.3, 0.4) is 0 Å². The average molecular weight is 437 g/mol. The molecule has 1 fully saturated rings. The Morgan fingerprint density at radius 1 is 1.27 bits per heavy atom. The van der Waals surface area contributed by atoms with E-state index in [9.17, 15) is 20.1 Å². The molecule has 0 aliphatic heterocycles. The van der Waals surface area contributed by atoms with Gasteiger partial charge in [-0.2, -0.15) is 0 Å². The van der Waals surface area contributed by atoms with Gasteiger partial charge in [-0.05, 0) is 30.5 Å². The zero-order valence-electron chi connectivity index (χ0n) is 16.9. The number of methoxy groups -OCH3 is 1. The molecular weight excluding hydrogens is 408 g/mol. The average Bonchev–Trinajstić information content (AvgIpc) is 2.99. The van der Waals surface area contributed by atoms with Crippen molar-refractivity contribution in [1.82, 2.24) is 0 Å². The van der Waals surface area contributed by atoms with E-state index in [0.717, 1.165) is 0 Å². The molecule has 0 bridgehead atoms. The standard InChI is InChI=1S/C23H29ClO6/c1-29-23(28)10-5-3-2-4-9-19-20(22(27)14-21(19)26)12-11-17(25)15-30-18-8-6-7-16(24)13-18/h2-8,11-13,17,19-22,25-27H,9-10,14-15H2,1H3/b4-2+,5-3+,12-11+/t17-,19-,20-,21+,22-/m1/s1. The fraction of sp³-hybridized carbons (Fsp3) is 0.435. The summed E-state index contributed by atoms with van der Waals surface area (Å²) in [6.07, 6.45) is 9.36. The van der Waals surface area contributed by atoms with Crippen molar-refractivity contribution in [3.05, 3.63) is 65.7 Å². The third kappa shape index (κ3) is 7.95. The Kier molecular flexibility index (Phi) is 10.1. The number of aliphatic hydroxyl groups excluding tert-OH is 3. The van der Waals surface area contributed by atoms with E-state index < -0.39 is 18.3 Å². The Hall–Kier alpha value is -2.12. The molecule has 1 aromatic carbocycles. The van der Waals surface area contributed by atoms with E-state index in [2.05, 4.69) is 4.74 Å². The molecular formula is C23H29ClO6. The molecule has 0 heterocycles. The van der Waals surface area contributed by atoms with Crippen LogP contribution in [0.2, 0.25) is 5.02 Å². The van der Waals surface area contributed by atoms with Crippen molar-refractivity contribution < 1.29 is 29.6 Å². The number of esters is 1. The van der Waals surface area contributed by atoms with Gasteiger partial charge in [0, 0.05) is 17.4 Å². The lowest BCUT2D eigenvalue weighted by Crippen LogP contribution is -2.21. The fourth-order valence-corrected chi connectivity index (χ4v) is 3.58. The van der Waals surface area contributed by atoms with Gasteiger partial charge in [-0.25, -0.2) is 0 Å². The van der Waals surface area contributed by atoms with Crippen LogP contribution in [-0.4, -0.2) is 53.3 Å². The first-order valence-corrected chi connectivity index (χ1v) is 10.3. The minimum absolute atomic E-state index is 0.0533. The van der Waals surface area contributed by atoms with Gasteiger partial charge in [0.15, 0.2) is 0 Å². The second-order valence-electron chi connectivity index (χ2n) is 7.20. The summed E-state index contributed by atoms with van der Waals surface area (Å²) < 4.78 is 10.1. The van der Waals surface area contributed by atoms with Gasteiger partial charge >= 0.3 is 5.97 Å². The van der Waals surface area contributed by atoms with Crippen molar-refractivity contribution in [2.75, 3.05) is 13.7 Å². The number of aliphatic hydroxyl groups is 3. The van der Waals surface area contributed by atoms with Gasteiger partial charge in [0.05, 0.1) is 25.7 Å². The SMILES string of the molecule is COC(=O)C/C=C/C=C/C[C@@H]1[C@@H](/C=C/[C@@H](O)COc2cccc(Cl)c2)[C@H](O)C[C@@H]1O. The second kappa shape index (κ2) is 12.5. The van der Waals surface area contributed by atoms with E-state index in [1.807, 2.05) is 6.08 Å². The Bertz CT molecular complexity index is 760. The van der Waals surface area contributed by atoms with E-state index >= 15 is 0 Å². The van der Waals surface area contributed by atoms with E-state index in [1.165, 1.54) is 7.11 Å². The zero-order valence-corrected chi connectivity index (χ0v) is 17.7. The summed E-state index contributed by atoms with van der Waals surface area (Å²) >= 11 is 5.91. The summed E-state index contributed by atoms with van der Waals surface area (Å²) in [4.78, 5) is 11.0. The van der Waals surface area contributed by atoms with Crippen molar-refractivity contribution in [2.45, 2.75) is 37.6 Å². The number of rotatable bonds is 10. The molecule has 3 N–H and O–H groups in total. The summed E-state index contributed by atoms with van der Waals surface area (Å²) in [5, 5.41) is 31.3. The number of hydrogen-bond donors (Lipinski definition) is 3. The molecule has 30 heavy (non-hydrogen) atoms. The Morgan fingerprint density at radius 2 is 2.03 bits per heavy atom. The molecule has 164 valence electrons. The molecule has 5 atom stereocenters. The molecule has 1 aromatic rings. The number of benzene rings is 1. The Morgan fingerprint density at radius 3 is 2.77 bits per heavy atom. The van der Waals surface area contributed by atoms with Crippen LogP contribution in [0.5, 0.6) is 5.75 Å². The quantitative estimate of drug-likeness (QED) is 0.296. The number of allylic oxidation sites excluding steroid dienone is 3. The first-order valence-electron chi connectivity index (χ1n) is 9.90. The van der Waals surface area contributed by atoms with Crippen LogP contribution in [0, 0.1) is 11.8 Å². The number of carbonyl (C=O) groups excluding carboxylic acids is 1. The lowest BCUT2D eigenvalue weighted by atomic mass is 9.90. The maximum atomic E-state index is 11.0. The van der Waals surface area contributed by atoms with Crippen LogP contribution in [0.15, 0.2) is 60.7 Å². The van der Waals surface area contributed by atoms with E-state index in [0.29, 0.717) is 23.6 Å². The van der Waals surface area contributed by atoms with Crippen molar-refractivity contribution in [2.24, 2.45) is 11.8 Å². The number of hydrogen-bond acceptors (Lipinski definition) is 6. The smallest absolute Gasteiger partial charge is 0.309 e. The van der Waals surface area contributed by atoms with Gasteiger partial charge < -0.3 is 24.8 Å². The first kappa shape index (κ1) is 24.2. The van der Waals surface area contributed by atoms with Crippen LogP contribution in [0.1, 0.15) is 19.3 Å². The summed E-state index contributed by atoms with van der Waals surface area (Å²) in [7, 11) is 1.34. The summed E-state index contributed by atoms with van der Waals surface area (Å²) in [6, 6.07) is 6.92. The lowest BCUT2D eigenvalue weighted by Gasteiger charge is -2.19. The van der Waals surface area contributed by atoms with Gasteiger partial charge in [-0.1, -0.05) is 54.1 Å². The van der Waals surface area contributed by atoms with Gasteiger partial charge in [0.1, 0.15) is 18.5 Å². The topological polar surface area (TPSA) is 96.2 Å². The highest BCUT2D eigenvalue weighted by molar-refractivity contribution is 6.30. The second-order valence-corrected chi connectivity index (χ2v) is 7.64. The van der Waals surface area contributed by atoms with Crippen LogP contribution in [-0.2, 0) is 9.53 Å². The van der Waals surface area contributed by atoms with Gasteiger partial charge in [0.2, 0.25) is 0 Å². The molecule has 1 aliphatic rings. The summed E-state index contributed by atoms with van der Waals surface area (Å²) in [6.45, 7) is 0.0533. The summed E-state index contributed by atoms with van der Waals surface area (Å²) in [5.41, 5.74) is 0. The Balaban J connectivity index is 1.86. The van der Waals surface area contributed by atoms with Crippen LogP contribution in [0.4, 0.5) is 0 Å². The zero-order chi connectivity index (χ0) is 21.9. The molecule has 0 saturated heterocycles. The lowest BCUT2D eigenvalue weighted by molar-refractivity contribution is -0.139. The predicted molar refractivity (Wildman–Crippen MR) is 115 cm³/mol. The van der Waals surface area contributed by atoms with Crippen molar-refractivity contribution in [1.29, 1.82) is 0 Å². The minimum atomic E-state index is -0.855. The maximum absolute atomic E-state index is 11.0. The molecule has 1 aliphatic carbocycles. The Labute approximate surface area is 182 Å². The third-order valence-electron chi connectivity index (χ3n) is 4.99. The molecule has 0 radical (unpaired) electrons. The fourth-order valence-electron chi connectivity index (χ4n) is 3.40. The molecule has 6 nitrogen and oxygen atoms in total. The minimum Gasteiger partial charge on any atom is -0.491 e. The van der Waals surface area contributed by atoms with E-state index in [-0.39, 0.29) is 30.8 Å². The molecule has 7 heteroatoms. The highest BCUT2D eigenvalue weighted by Crippen LogP contribution is 2.36. The highest BCUT2D eigenvalue weighted by Gasteiger charge is 2.39.